The minimum atomic E-state index is -0.811. The molecule has 15 heavy (non-hydrogen) atoms. The largest absolute Gasteiger partial charge is 0.481 e. The second-order valence-electron chi connectivity index (χ2n) is 3.58. The Balaban J connectivity index is 3.01. The predicted molar refractivity (Wildman–Crippen MR) is 56.6 cm³/mol. The van der Waals surface area contributed by atoms with E-state index in [1.165, 1.54) is 0 Å². The minimum Gasteiger partial charge on any atom is -0.481 e. The van der Waals surface area contributed by atoms with Crippen molar-refractivity contribution in [1.29, 1.82) is 5.26 Å². The van der Waals surface area contributed by atoms with Gasteiger partial charge in [0.25, 0.3) is 0 Å². The summed E-state index contributed by atoms with van der Waals surface area (Å²) in [5, 5.41) is 17.4. The summed E-state index contributed by atoms with van der Waals surface area (Å²) < 4.78 is 0. The van der Waals surface area contributed by atoms with Crippen LogP contribution in [0.15, 0.2) is 12.1 Å². The molecule has 0 radical (unpaired) electrons. The van der Waals surface area contributed by atoms with Crippen LogP contribution < -0.4 is 0 Å². The lowest BCUT2D eigenvalue weighted by atomic mass is 9.97. The lowest BCUT2D eigenvalue weighted by Gasteiger charge is -2.08. The quantitative estimate of drug-likeness (QED) is 0.819. The van der Waals surface area contributed by atoms with E-state index >= 15 is 0 Å². The highest BCUT2D eigenvalue weighted by atomic mass is 16.4. The van der Waals surface area contributed by atoms with Gasteiger partial charge in [0.1, 0.15) is 0 Å². The third-order valence-corrected chi connectivity index (χ3v) is 2.51. The average Bonchev–Trinajstić information content (AvgIpc) is 2.19. The monoisotopic (exact) mass is 203 g/mol. The van der Waals surface area contributed by atoms with Gasteiger partial charge >= 0.3 is 5.97 Å². The molecule has 0 unspecified atom stereocenters. The minimum absolute atomic E-state index is 0.106. The Morgan fingerprint density at radius 1 is 1.47 bits per heavy atom. The van der Waals surface area contributed by atoms with Crippen molar-refractivity contribution in [3.05, 3.63) is 34.4 Å². The summed E-state index contributed by atoms with van der Waals surface area (Å²) in [6.45, 7) is 3.88. The van der Waals surface area contributed by atoms with E-state index in [0.717, 1.165) is 16.7 Å². The van der Waals surface area contributed by atoms with Crippen LogP contribution in [0, 0.1) is 25.2 Å². The average molecular weight is 203 g/mol. The van der Waals surface area contributed by atoms with Crippen LogP contribution in [-0.2, 0) is 11.2 Å². The number of nitrogens with zero attached hydrogens (tertiary/aromatic N) is 1. The molecule has 0 aliphatic heterocycles. The maximum atomic E-state index is 10.5. The Kier molecular flexibility index (Phi) is 3.46. The zero-order valence-electron chi connectivity index (χ0n) is 8.87. The third-order valence-electron chi connectivity index (χ3n) is 2.51. The van der Waals surface area contributed by atoms with Gasteiger partial charge in [-0.2, -0.15) is 5.26 Å². The van der Waals surface area contributed by atoms with Gasteiger partial charge in [0, 0.05) is 6.42 Å². The smallest absolute Gasteiger partial charge is 0.303 e. The summed E-state index contributed by atoms with van der Waals surface area (Å²) in [7, 11) is 0. The lowest BCUT2D eigenvalue weighted by molar-refractivity contribution is -0.136. The first-order chi connectivity index (χ1) is 7.04. The Morgan fingerprint density at radius 2 is 2.13 bits per heavy atom. The highest BCUT2D eigenvalue weighted by molar-refractivity contribution is 5.67. The molecule has 0 aliphatic rings. The van der Waals surface area contributed by atoms with Crippen molar-refractivity contribution in [3.8, 4) is 6.07 Å². The van der Waals surface area contributed by atoms with Crippen LogP contribution in [0.5, 0.6) is 0 Å². The number of carbonyl (C=O) groups is 1. The standard InChI is InChI=1S/C12H13NO2/c1-8-5-10(7-13)6-11(9(8)2)3-4-12(14)15/h5-6H,3-4H2,1-2H3,(H,14,15). The van der Waals surface area contributed by atoms with Crippen molar-refractivity contribution >= 4 is 5.97 Å². The number of nitriles is 1. The fourth-order valence-electron chi connectivity index (χ4n) is 1.50. The van der Waals surface area contributed by atoms with Crippen LogP contribution in [0.1, 0.15) is 28.7 Å². The molecule has 0 atom stereocenters. The molecule has 1 aromatic carbocycles. The predicted octanol–water partition coefficient (Wildman–Crippen LogP) is 2.19. The van der Waals surface area contributed by atoms with E-state index in [9.17, 15) is 4.79 Å². The number of hydrogen-bond acceptors (Lipinski definition) is 2. The molecule has 0 saturated carbocycles. The van der Waals surface area contributed by atoms with Crippen molar-refractivity contribution in [2.24, 2.45) is 0 Å². The van der Waals surface area contributed by atoms with Gasteiger partial charge in [0.2, 0.25) is 0 Å². The van der Waals surface area contributed by atoms with Crippen LogP contribution in [-0.4, -0.2) is 11.1 Å². The van der Waals surface area contributed by atoms with E-state index in [2.05, 4.69) is 6.07 Å². The molecular formula is C12H13NO2. The van der Waals surface area contributed by atoms with Crippen LogP contribution in [0.4, 0.5) is 0 Å². The van der Waals surface area contributed by atoms with E-state index < -0.39 is 5.97 Å². The van der Waals surface area contributed by atoms with Gasteiger partial charge in [-0.15, -0.1) is 0 Å². The number of carboxylic acids is 1. The van der Waals surface area contributed by atoms with Crippen LogP contribution in [0.2, 0.25) is 0 Å². The Labute approximate surface area is 89.0 Å². The van der Waals surface area contributed by atoms with Crippen LogP contribution >= 0.6 is 0 Å². The molecule has 1 aromatic rings. The maximum Gasteiger partial charge on any atom is 0.303 e. The number of hydrogen-bond donors (Lipinski definition) is 1. The molecule has 0 amide bonds. The molecule has 3 nitrogen and oxygen atoms in total. The zero-order chi connectivity index (χ0) is 11.4. The van der Waals surface area contributed by atoms with E-state index in [4.69, 9.17) is 10.4 Å². The summed E-state index contributed by atoms with van der Waals surface area (Å²) in [6.07, 6.45) is 0.590. The SMILES string of the molecule is Cc1cc(C#N)cc(CCC(=O)O)c1C. The van der Waals surface area contributed by atoms with E-state index in [0.29, 0.717) is 12.0 Å². The fourth-order valence-corrected chi connectivity index (χ4v) is 1.50. The molecule has 0 heterocycles. The van der Waals surface area contributed by atoms with Crippen molar-refractivity contribution in [2.45, 2.75) is 26.7 Å². The zero-order valence-corrected chi connectivity index (χ0v) is 8.87. The lowest BCUT2D eigenvalue weighted by Crippen LogP contribution is -2.00. The first-order valence-electron chi connectivity index (χ1n) is 4.76. The van der Waals surface area contributed by atoms with Gasteiger partial charge < -0.3 is 5.11 Å². The summed E-state index contributed by atoms with van der Waals surface area (Å²) in [6, 6.07) is 5.66. The van der Waals surface area contributed by atoms with Gasteiger partial charge in [-0.25, -0.2) is 0 Å². The van der Waals surface area contributed by atoms with E-state index in [1.807, 2.05) is 19.9 Å². The fraction of sp³-hybridized carbons (Fsp3) is 0.333. The molecule has 0 spiro atoms. The van der Waals surface area contributed by atoms with E-state index in [1.54, 1.807) is 6.07 Å². The number of carboxylic acid groups (broad SMARTS) is 1. The van der Waals surface area contributed by atoms with Gasteiger partial charge in [0.05, 0.1) is 11.6 Å². The second-order valence-corrected chi connectivity index (χ2v) is 3.58. The molecule has 1 rings (SSSR count). The first kappa shape index (κ1) is 11.3. The van der Waals surface area contributed by atoms with Crippen LogP contribution in [0.25, 0.3) is 0 Å². The highest BCUT2D eigenvalue weighted by Gasteiger charge is 2.06. The molecular weight excluding hydrogens is 190 g/mol. The summed E-state index contributed by atoms with van der Waals surface area (Å²) in [5.74, 6) is -0.811. The molecule has 0 aliphatic carbocycles. The summed E-state index contributed by atoms with van der Waals surface area (Å²) in [4.78, 5) is 10.5. The molecule has 78 valence electrons. The maximum absolute atomic E-state index is 10.5. The molecule has 0 bridgehead atoms. The number of rotatable bonds is 3. The third kappa shape index (κ3) is 2.81. The molecule has 0 fully saturated rings. The normalized spacial score (nSPS) is 9.67. The topological polar surface area (TPSA) is 61.1 Å². The van der Waals surface area contributed by atoms with Gasteiger partial charge in [-0.3, -0.25) is 4.79 Å². The van der Waals surface area contributed by atoms with Gasteiger partial charge in [-0.05, 0) is 49.1 Å². The Bertz CT molecular complexity index is 430. The number of aryl methyl sites for hydroxylation is 2. The number of benzene rings is 1. The van der Waals surface area contributed by atoms with E-state index in [-0.39, 0.29) is 6.42 Å². The Morgan fingerprint density at radius 3 is 2.67 bits per heavy atom. The second kappa shape index (κ2) is 4.61. The summed E-state index contributed by atoms with van der Waals surface area (Å²) >= 11 is 0. The molecule has 0 saturated heterocycles. The van der Waals surface area contributed by atoms with Gasteiger partial charge in [0.15, 0.2) is 0 Å². The van der Waals surface area contributed by atoms with Gasteiger partial charge in [-0.1, -0.05) is 0 Å². The molecule has 3 heteroatoms. The van der Waals surface area contributed by atoms with Crippen molar-refractivity contribution in [2.75, 3.05) is 0 Å². The molecule has 1 N–H and O–H groups in total. The first-order valence-corrected chi connectivity index (χ1v) is 4.76. The van der Waals surface area contributed by atoms with Crippen molar-refractivity contribution in [3.63, 3.8) is 0 Å². The Hall–Kier alpha value is -1.82. The van der Waals surface area contributed by atoms with Crippen molar-refractivity contribution in [1.82, 2.24) is 0 Å². The molecule has 0 aromatic heterocycles. The number of aliphatic carboxylic acids is 1. The van der Waals surface area contributed by atoms with Crippen LogP contribution in [0.3, 0.4) is 0 Å². The van der Waals surface area contributed by atoms with Crippen molar-refractivity contribution < 1.29 is 9.90 Å². The summed E-state index contributed by atoms with van der Waals surface area (Å²) in [5.41, 5.74) is 3.66. The highest BCUT2D eigenvalue weighted by Crippen LogP contribution is 2.17.